The van der Waals surface area contributed by atoms with Crippen LogP contribution in [0.3, 0.4) is 0 Å². The standard InChI is InChI=1S/C16H12F3N3O/c1-10-13(6-7-14(21-10)16(17,18)19)15(23)22-12-4-2-11(3-5-12)8-9-20/h2-7H,8H2,1H3,(H,22,23). The number of nitrogens with zero attached hydrogens (tertiary/aromatic N) is 2. The lowest BCUT2D eigenvalue weighted by Gasteiger charge is -2.10. The number of amides is 1. The summed E-state index contributed by atoms with van der Waals surface area (Å²) >= 11 is 0. The fraction of sp³-hybridized carbons (Fsp3) is 0.188. The molecule has 0 aliphatic rings. The van der Waals surface area contributed by atoms with Gasteiger partial charge in [-0.05, 0) is 36.8 Å². The average molecular weight is 319 g/mol. The van der Waals surface area contributed by atoms with E-state index in [1.165, 1.54) is 6.92 Å². The molecule has 0 bridgehead atoms. The molecule has 7 heteroatoms. The molecule has 1 heterocycles. The second-order valence-corrected chi connectivity index (χ2v) is 4.81. The van der Waals surface area contributed by atoms with Gasteiger partial charge in [0.2, 0.25) is 0 Å². The number of anilines is 1. The molecule has 0 radical (unpaired) electrons. The topological polar surface area (TPSA) is 65.8 Å². The molecule has 0 fully saturated rings. The number of alkyl halides is 3. The Morgan fingerprint density at radius 2 is 1.87 bits per heavy atom. The van der Waals surface area contributed by atoms with Crippen LogP contribution in [0.25, 0.3) is 0 Å². The first-order valence-corrected chi connectivity index (χ1v) is 6.63. The summed E-state index contributed by atoms with van der Waals surface area (Å²) in [7, 11) is 0. The van der Waals surface area contributed by atoms with Crippen molar-refractivity contribution in [2.24, 2.45) is 0 Å². The van der Waals surface area contributed by atoms with Crippen molar-refractivity contribution in [3.05, 3.63) is 58.9 Å². The van der Waals surface area contributed by atoms with Crippen molar-refractivity contribution in [2.45, 2.75) is 19.5 Å². The van der Waals surface area contributed by atoms with E-state index in [1.807, 2.05) is 6.07 Å². The Morgan fingerprint density at radius 3 is 2.39 bits per heavy atom. The number of nitriles is 1. The third-order valence-corrected chi connectivity index (χ3v) is 3.12. The van der Waals surface area contributed by atoms with Gasteiger partial charge in [-0.25, -0.2) is 4.98 Å². The van der Waals surface area contributed by atoms with E-state index in [4.69, 9.17) is 5.26 Å². The van der Waals surface area contributed by atoms with E-state index in [0.29, 0.717) is 5.69 Å². The summed E-state index contributed by atoms with van der Waals surface area (Å²) in [6, 6.07) is 10.5. The van der Waals surface area contributed by atoms with Crippen molar-refractivity contribution in [3.63, 3.8) is 0 Å². The van der Waals surface area contributed by atoms with Crippen LogP contribution >= 0.6 is 0 Å². The second-order valence-electron chi connectivity index (χ2n) is 4.81. The minimum absolute atomic E-state index is 0.00146. The molecule has 1 amide bonds. The summed E-state index contributed by atoms with van der Waals surface area (Å²) < 4.78 is 37.7. The highest BCUT2D eigenvalue weighted by Gasteiger charge is 2.33. The molecular weight excluding hydrogens is 307 g/mol. The quantitative estimate of drug-likeness (QED) is 0.937. The number of benzene rings is 1. The van der Waals surface area contributed by atoms with E-state index in [2.05, 4.69) is 10.3 Å². The van der Waals surface area contributed by atoms with E-state index < -0.39 is 17.8 Å². The van der Waals surface area contributed by atoms with Crippen LogP contribution in [0.1, 0.15) is 27.3 Å². The predicted molar refractivity (Wildman–Crippen MR) is 77.7 cm³/mol. The molecule has 0 aliphatic heterocycles. The molecule has 0 saturated carbocycles. The Labute approximate surface area is 130 Å². The van der Waals surface area contributed by atoms with Crippen LogP contribution in [0, 0.1) is 18.3 Å². The van der Waals surface area contributed by atoms with Gasteiger partial charge in [0.25, 0.3) is 5.91 Å². The number of halogens is 3. The maximum atomic E-state index is 12.6. The van der Waals surface area contributed by atoms with Gasteiger partial charge in [-0.3, -0.25) is 4.79 Å². The lowest BCUT2D eigenvalue weighted by Crippen LogP contribution is -2.16. The van der Waals surface area contributed by atoms with Crippen molar-refractivity contribution < 1.29 is 18.0 Å². The van der Waals surface area contributed by atoms with Gasteiger partial charge in [-0.1, -0.05) is 12.1 Å². The molecular formula is C16H12F3N3O. The highest BCUT2D eigenvalue weighted by Crippen LogP contribution is 2.28. The summed E-state index contributed by atoms with van der Waals surface area (Å²) in [4.78, 5) is 15.5. The average Bonchev–Trinajstić information content (AvgIpc) is 2.48. The summed E-state index contributed by atoms with van der Waals surface area (Å²) in [5.41, 5.74) is 0.318. The number of rotatable bonds is 3. The Morgan fingerprint density at radius 1 is 1.22 bits per heavy atom. The largest absolute Gasteiger partial charge is 0.433 e. The maximum Gasteiger partial charge on any atom is 0.433 e. The number of pyridine rings is 1. The number of carbonyl (C=O) groups excluding carboxylic acids is 1. The zero-order valence-corrected chi connectivity index (χ0v) is 12.1. The Balaban J connectivity index is 2.16. The van der Waals surface area contributed by atoms with Gasteiger partial charge < -0.3 is 5.32 Å². The third kappa shape index (κ3) is 4.07. The molecule has 1 aromatic heterocycles. The molecule has 0 spiro atoms. The molecule has 4 nitrogen and oxygen atoms in total. The van der Waals surface area contributed by atoms with Crippen molar-refractivity contribution >= 4 is 11.6 Å². The molecule has 0 unspecified atom stereocenters. The molecule has 23 heavy (non-hydrogen) atoms. The van der Waals surface area contributed by atoms with Crippen molar-refractivity contribution in [2.75, 3.05) is 5.32 Å². The van der Waals surface area contributed by atoms with Gasteiger partial charge in [-0.15, -0.1) is 0 Å². The van der Waals surface area contributed by atoms with Crippen LogP contribution in [0.4, 0.5) is 18.9 Å². The third-order valence-electron chi connectivity index (χ3n) is 3.12. The minimum Gasteiger partial charge on any atom is -0.322 e. The molecule has 0 atom stereocenters. The lowest BCUT2D eigenvalue weighted by atomic mass is 10.1. The normalized spacial score (nSPS) is 10.9. The van der Waals surface area contributed by atoms with Crippen LogP contribution in [0.15, 0.2) is 36.4 Å². The van der Waals surface area contributed by atoms with Crippen LogP contribution in [0.2, 0.25) is 0 Å². The SMILES string of the molecule is Cc1nc(C(F)(F)F)ccc1C(=O)Nc1ccc(CC#N)cc1. The summed E-state index contributed by atoms with van der Waals surface area (Å²) in [6.45, 7) is 1.35. The minimum atomic E-state index is -4.55. The van der Waals surface area contributed by atoms with E-state index in [-0.39, 0.29) is 17.7 Å². The number of hydrogen-bond donors (Lipinski definition) is 1. The first kappa shape index (κ1) is 16.5. The smallest absolute Gasteiger partial charge is 0.322 e. The number of hydrogen-bond acceptors (Lipinski definition) is 3. The van der Waals surface area contributed by atoms with E-state index >= 15 is 0 Å². The first-order valence-electron chi connectivity index (χ1n) is 6.63. The monoisotopic (exact) mass is 319 g/mol. The Kier molecular flexibility index (Phi) is 4.65. The summed E-state index contributed by atoms with van der Waals surface area (Å²) in [5.74, 6) is -0.545. The summed E-state index contributed by atoms with van der Waals surface area (Å²) in [5, 5.41) is 11.2. The second kappa shape index (κ2) is 6.48. The van der Waals surface area contributed by atoms with Gasteiger partial charge in [0.05, 0.1) is 23.7 Å². The fourth-order valence-electron chi connectivity index (χ4n) is 1.95. The number of aromatic nitrogens is 1. The number of carbonyl (C=O) groups is 1. The van der Waals surface area contributed by atoms with E-state index in [1.54, 1.807) is 24.3 Å². The van der Waals surface area contributed by atoms with Crippen LogP contribution < -0.4 is 5.32 Å². The van der Waals surface area contributed by atoms with Gasteiger partial charge >= 0.3 is 6.18 Å². The van der Waals surface area contributed by atoms with Crippen molar-refractivity contribution in [1.29, 1.82) is 5.26 Å². The highest BCUT2D eigenvalue weighted by molar-refractivity contribution is 6.04. The number of nitrogens with one attached hydrogen (secondary N) is 1. The molecule has 118 valence electrons. The summed E-state index contributed by atoms with van der Waals surface area (Å²) in [6.07, 6.45) is -4.29. The zero-order chi connectivity index (χ0) is 17.0. The Hall–Kier alpha value is -2.88. The van der Waals surface area contributed by atoms with Gasteiger partial charge in [0.15, 0.2) is 0 Å². The van der Waals surface area contributed by atoms with Crippen molar-refractivity contribution in [3.8, 4) is 6.07 Å². The zero-order valence-electron chi connectivity index (χ0n) is 12.1. The van der Waals surface area contributed by atoms with E-state index in [0.717, 1.165) is 17.7 Å². The van der Waals surface area contributed by atoms with Gasteiger partial charge in [-0.2, -0.15) is 18.4 Å². The predicted octanol–water partition coefficient (Wildman–Crippen LogP) is 3.73. The highest BCUT2D eigenvalue weighted by atomic mass is 19.4. The van der Waals surface area contributed by atoms with Crippen LogP contribution in [-0.2, 0) is 12.6 Å². The fourth-order valence-corrected chi connectivity index (χ4v) is 1.95. The molecule has 1 aromatic carbocycles. The maximum absolute atomic E-state index is 12.6. The Bertz CT molecular complexity index is 762. The van der Waals surface area contributed by atoms with Crippen molar-refractivity contribution in [1.82, 2.24) is 4.98 Å². The first-order chi connectivity index (χ1) is 10.8. The molecule has 1 N–H and O–H groups in total. The van der Waals surface area contributed by atoms with Gasteiger partial charge in [0, 0.05) is 5.69 Å². The van der Waals surface area contributed by atoms with Gasteiger partial charge in [0.1, 0.15) is 5.69 Å². The number of aryl methyl sites for hydroxylation is 1. The lowest BCUT2D eigenvalue weighted by molar-refractivity contribution is -0.141. The van der Waals surface area contributed by atoms with E-state index in [9.17, 15) is 18.0 Å². The van der Waals surface area contributed by atoms with Crippen LogP contribution in [0.5, 0.6) is 0 Å². The molecule has 2 aromatic rings. The molecule has 0 saturated heterocycles. The molecule has 2 rings (SSSR count). The molecule has 0 aliphatic carbocycles. The van der Waals surface area contributed by atoms with Crippen LogP contribution in [-0.4, -0.2) is 10.9 Å².